The Morgan fingerprint density at radius 3 is 2.38 bits per heavy atom. The summed E-state index contributed by atoms with van der Waals surface area (Å²) < 4.78 is 0. The van der Waals surface area contributed by atoms with Crippen LogP contribution >= 0.6 is 0 Å². The Morgan fingerprint density at radius 1 is 1.31 bits per heavy atom. The van der Waals surface area contributed by atoms with Gasteiger partial charge in [-0.2, -0.15) is 0 Å². The number of unbranched alkanes of at least 4 members (excludes halogenated alkanes) is 1. The van der Waals surface area contributed by atoms with Crippen molar-refractivity contribution in [2.75, 3.05) is 13.1 Å². The summed E-state index contributed by atoms with van der Waals surface area (Å²) in [5, 5.41) is 0. The van der Waals surface area contributed by atoms with Crippen LogP contribution in [0.5, 0.6) is 0 Å². The monoisotopic (exact) mass is 182 g/mol. The largest absolute Gasteiger partial charge is 0.301 e. The number of hydrogen-bond donors (Lipinski definition) is 0. The Hall–Kier alpha value is -0.0400. The minimum absolute atomic E-state index is 0.744. The zero-order chi connectivity index (χ0) is 9.68. The molecule has 1 heteroatoms. The van der Waals surface area contributed by atoms with Crippen LogP contribution in [0.4, 0.5) is 0 Å². The third-order valence-electron chi connectivity index (χ3n) is 3.24. The van der Waals surface area contributed by atoms with E-state index < -0.39 is 0 Å². The van der Waals surface area contributed by atoms with Crippen LogP contribution in [-0.4, -0.2) is 24.0 Å². The van der Waals surface area contributed by atoms with Gasteiger partial charge in [0.05, 0.1) is 0 Å². The van der Waals surface area contributed by atoms with Gasteiger partial charge >= 0.3 is 0 Å². The van der Waals surface area contributed by atoms with Crippen LogP contribution in [0.2, 0.25) is 0 Å². The molecule has 1 rings (SSSR count). The minimum atomic E-state index is 0.744. The van der Waals surface area contributed by atoms with Crippen molar-refractivity contribution in [3.8, 4) is 0 Å². The van der Waals surface area contributed by atoms with E-state index in [-0.39, 0.29) is 0 Å². The Bertz CT molecular complexity index is 123. The van der Waals surface area contributed by atoms with Gasteiger partial charge in [-0.25, -0.2) is 0 Å². The van der Waals surface area contributed by atoms with Gasteiger partial charge in [-0.3, -0.25) is 0 Å². The molecule has 1 radical (unpaired) electrons. The van der Waals surface area contributed by atoms with Crippen molar-refractivity contribution in [3.63, 3.8) is 0 Å². The molecule has 0 spiro atoms. The lowest BCUT2D eigenvalue weighted by Crippen LogP contribution is -2.38. The smallest absolute Gasteiger partial charge is 0.00385 e. The fourth-order valence-corrected chi connectivity index (χ4v) is 2.19. The highest BCUT2D eigenvalue weighted by atomic mass is 15.1. The molecule has 1 nitrogen and oxygen atoms in total. The van der Waals surface area contributed by atoms with Crippen molar-refractivity contribution in [1.82, 2.24) is 4.90 Å². The summed E-state index contributed by atoms with van der Waals surface area (Å²) in [7, 11) is 0. The molecular formula is C12H24N. The van der Waals surface area contributed by atoms with Gasteiger partial charge in [-0.1, -0.05) is 26.2 Å². The molecule has 1 aliphatic heterocycles. The van der Waals surface area contributed by atoms with Crippen LogP contribution in [-0.2, 0) is 0 Å². The highest BCUT2D eigenvalue weighted by Gasteiger charge is 2.19. The topological polar surface area (TPSA) is 3.24 Å². The van der Waals surface area contributed by atoms with E-state index in [2.05, 4.69) is 25.7 Å². The number of rotatable bonds is 4. The molecule has 0 aromatic carbocycles. The van der Waals surface area contributed by atoms with Crippen LogP contribution < -0.4 is 0 Å². The second-order valence-electron chi connectivity index (χ2n) is 4.57. The van der Waals surface area contributed by atoms with Gasteiger partial charge in [-0.05, 0) is 45.7 Å². The molecule has 1 aliphatic rings. The molecule has 0 aromatic heterocycles. The molecule has 1 heterocycles. The van der Waals surface area contributed by atoms with Crippen molar-refractivity contribution >= 4 is 0 Å². The maximum absolute atomic E-state index is 3.90. The maximum atomic E-state index is 3.90. The first kappa shape index (κ1) is 11.0. The molecule has 0 aromatic rings. The van der Waals surface area contributed by atoms with Gasteiger partial charge < -0.3 is 4.90 Å². The van der Waals surface area contributed by atoms with E-state index in [9.17, 15) is 0 Å². The lowest BCUT2D eigenvalue weighted by Gasteiger charge is -2.34. The van der Waals surface area contributed by atoms with Gasteiger partial charge in [0, 0.05) is 6.04 Å². The molecule has 0 saturated carbocycles. The second-order valence-corrected chi connectivity index (χ2v) is 4.57. The molecule has 13 heavy (non-hydrogen) atoms. The molecule has 77 valence electrons. The zero-order valence-electron chi connectivity index (χ0n) is 9.26. The summed E-state index contributed by atoms with van der Waals surface area (Å²) in [6, 6.07) is 0.744. The summed E-state index contributed by atoms with van der Waals surface area (Å²) in [5.74, 6) is 0.997. The third-order valence-corrected chi connectivity index (χ3v) is 3.24. The van der Waals surface area contributed by atoms with Gasteiger partial charge in [-0.15, -0.1) is 0 Å². The first-order valence-corrected chi connectivity index (χ1v) is 5.77. The first-order valence-electron chi connectivity index (χ1n) is 5.77. The zero-order valence-corrected chi connectivity index (χ0v) is 9.26. The summed E-state index contributed by atoms with van der Waals surface area (Å²) in [4.78, 5) is 2.60. The van der Waals surface area contributed by atoms with E-state index in [1.54, 1.807) is 0 Å². The third kappa shape index (κ3) is 3.68. The standard InChI is InChI=1S/C12H24N/c1-4-5-6-12-7-9-13(10-8-12)11(2)3/h11-12H,1,4-10H2,2-3H3. The van der Waals surface area contributed by atoms with Crippen LogP contribution in [0.3, 0.4) is 0 Å². The predicted molar refractivity (Wildman–Crippen MR) is 58.6 cm³/mol. The quantitative estimate of drug-likeness (QED) is 0.645. The van der Waals surface area contributed by atoms with E-state index in [4.69, 9.17) is 0 Å². The first-order chi connectivity index (χ1) is 6.24. The molecule has 1 saturated heterocycles. The van der Waals surface area contributed by atoms with Crippen molar-refractivity contribution < 1.29 is 0 Å². The fraction of sp³-hybridized carbons (Fsp3) is 0.917. The maximum Gasteiger partial charge on any atom is 0.00385 e. The molecule has 0 unspecified atom stereocenters. The average Bonchev–Trinajstić information content (AvgIpc) is 2.15. The summed E-state index contributed by atoms with van der Waals surface area (Å²) >= 11 is 0. The van der Waals surface area contributed by atoms with Gasteiger partial charge in [0.1, 0.15) is 0 Å². The van der Waals surface area contributed by atoms with Gasteiger partial charge in [0.25, 0.3) is 0 Å². The molecule has 0 bridgehead atoms. The summed E-state index contributed by atoms with van der Waals surface area (Å²) in [6.45, 7) is 11.1. The Morgan fingerprint density at radius 2 is 1.92 bits per heavy atom. The fourth-order valence-electron chi connectivity index (χ4n) is 2.19. The number of nitrogens with zero attached hydrogens (tertiary/aromatic N) is 1. The van der Waals surface area contributed by atoms with E-state index in [0.29, 0.717) is 0 Å². The number of piperidine rings is 1. The molecule has 1 fully saturated rings. The second kappa shape index (κ2) is 5.64. The van der Waals surface area contributed by atoms with Crippen LogP contribution in [0.1, 0.15) is 46.0 Å². The Labute approximate surface area is 83.5 Å². The molecule has 0 N–H and O–H groups in total. The highest BCUT2D eigenvalue weighted by molar-refractivity contribution is 4.74. The lowest BCUT2D eigenvalue weighted by molar-refractivity contribution is 0.145. The Kier molecular flexibility index (Phi) is 4.79. The van der Waals surface area contributed by atoms with E-state index in [0.717, 1.165) is 18.4 Å². The SMILES string of the molecule is [CH2]CCCC1CCN(C(C)C)CC1. The minimum Gasteiger partial charge on any atom is -0.301 e. The predicted octanol–water partition coefficient (Wildman–Crippen LogP) is 3.11. The van der Waals surface area contributed by atoms with E-state index in [1.807, 2.05) is 0 Å². The molecule has 0 aliphatic carbocycles. The molecule has 0 atom stereocenters. The lowest BCUT2D eigenvalue weighted by atomic mass is 9.91. The van der Waals surface area contributed by atoms with E-state index in [1.165, 1.54) is 38.8 Å². The van der Waals surface area contributed by atoms with Crippen molar-refractivity contribution in [1.29, 1.82) is 0 Å². The Balaban J connectivity index is 2.15. The van der Waals surface area contributed by atoms with Crippen molar-refractivity contribution in [2.45, 2.75) is 52.0 Å². The van der Waals surface area contributed by atoms with Crippen molar-refractivity contribution in [3.05, 3.63) is 6.92 Å². The average molecular weight is 182 g/mol. The highest BCUT2D eigenvalue weighted by Crippen LogP contribution is 2.23. The van der Waals surface area contributed by atoms with Crippen LogP contribution in [0.15, 0.2) is 0 Å². The summed E-state index contributed by atoms with van der Waals surface area (Å²) in [5.41, 5.74) is 0. The van der Waals surface area contributed by atoms with Gasteiger partial charge in [0.15, 0.2) is 0 Å². The van der Waals surface area contributed by atoms with E-state index >= 15 is 0 Å². The van der Waals surface area contributed by atoms with Crippen molar-refractivity contribution in [2.24, 2.45) is 5.92 Å². The van der Waals surface area contributed by atoms with Gasteiger partial charge in [0.2, 0.25) is 0 Å². The van der Waals surface area contributed by atoms with Crippen LogP contribution in [0, 0.1) is 12.8 Å². The van der Waals surface area contributed by atoms with Crippen LogP contribution in [0.25, 0.3) is 0 Å². The number of likely N-dealkylation sites (tertiary alicyclic amines) is 1. The summed E-state index contributed by atoms with van der Waals surface area (Å²) in [6.07, 6.45) is 6.68. The normalized spacial score (nSPS) is 21.2. The molecular weight excluding hydrogens is 158 g/mol. The molecule has 0 amide bonds. The number of hydrogen-bond acceptors (Lipinski definition) is 1.